The number of anilines is 2. The van der Waals surface area contributed by atoms with E-state index in [-0.39, 0.29) is 0 Å². The highest BCUT2D eigenvalue weighted by Crippen LogP contribution is 2.53. The van der Waals surface area contributed by atoms with Crippen molar-refractivity contribution in [3.63, 3.8) is 0 Å². The van der Waals surface area contributed by atoms with Gasteiger partial charge in [0.15, 0.2) is 5.82 Å². The van der Waals surface area contributed by atoms with Gasteiger partial charge in [-0.15, -0.1) is 11.3 Å². The van der Waals surface area contributed by atoms with Crippen LogP contribution in [0.2, 0.25) is 0 Å². The van der Waals surface area contributed by atoms with Gasteiger partial charge in [0.25, 0.3) is 0 Å². The van der Waals surface area contributed by atoms with Crippen molar-refractivity contribution in [2.45, 2.75) is 12.8 Å². The van der Waals surface area contributed by atoms with Gasteiger partial charge >= 0.3 is 0 Å². The number of para-hydroxylation sites is 3. The molecule has 11 rings (SSSR count). The van der Waals surface area contributed by atoms with E-state index < -0.39 is 0 Å². The van der Waals surface area contributed by atoms with Gasteiger partial charge in [-0.25, -0.2) is 9.97 Å². The molecule has 1 aliphatic heterocycles. The van der Waals surface area contributed by atoms with E-state index in [1.807, 2.05) is 23.5 Å². The van der Waals surface area contributed by atoms with Crippen LogP contribution in [0.5, 0.6) is 0 Å². The summed E-state index contributed by atoms with van der Waals surface area (Å²) >= 11 is 1.90. The van der Waals surface area contributed by atoms with Gasteiger partial charge in [0.2, 0.25) is 0 Å². The fourth-order valence-electron chi connectivity index (χ4n) is 8.55. The van der Waals surface area contributed by atoms with Crippen LogP contribution >= 0.6 is 11.3 Å². The van der Waals surface area contributed by atoms with E-state index >= 15 is 0 Å². The number of aryl methyl sites for hydroxylation is 1. The molecule has 9 aromatic rings. The highest BCUT2D eigenvalue weighted by atomic mass is 32.1. The van der Waals surface area contributed by atoms with E-state index in [4.69, 9.17) is 16.5 Å². The first kappa shape index (κ1) is 31.7. The summed E-state index contributed by atoms with van der Waals surface area (Å²) in [5.41, 5.74) is 13.2. The minimum Gasteiger partial charge on any atom is -0.315 e. The number of allylic oxidation sites excluding steroid dienone is 5. The molecule has 0 amide bonds. The minimum absolute atomic E-state index is 0.697. The molecular weight excluding hydrogens is 689 g/mol. The van der Waals surface area contributed by atoms with Gasteiger partial charge in [-0.2, -0.15) is 0 Å². The lowest BCUT2D eigenvalue weighted by molar-refractivity contribution is 1.01. The number of nitrogens with zero attached hydrogens (tertiary/aromatic N) is 4. The zero-order valence-electron chi connectivity index (χ0n) is 30.0. The Labute approximate surface area is 323 Å². The lowest BCUT2D eigenvalue weighted by Crippen LogP contribution is -2.12. The predicted molar refractivity (Wildman–Crippen MR) is 233 cm³/mol. The summed E-state index contributed by atoms with van der Waals surface area (Å²) in [7, 11) is 0. The maximum Gasteiger partial charge on any atom is 0.160 e. The smallest absolute Gasteiger partial charge is 0.160 e. The van der Waals surface area contributed by atoms with E-state index in [0.717, 1.165) is 68.8 Å². The fourth-order valence-corrected chi connectivity index (χ4v) is 9.88. The first-order valence-electron chi connectivity index (χ1n) is 18.8. The quantitative estimate of drug-likeness (QED) is 0.181. The number of hydrogen-bond acceptors (Lipinski definition) is 4. The van der Waals surface area contributed by atoms with Crippen LogP contribution in [0.15, 0.2) is 171 Å². The van der Waals surface area contributed by atoms with E-state index in [2.05, 4.69) is 167 Å². The van der Waals surface area contributed by atoms with E-state index in [0.29, 0.717) is 5.82 Å². The molecule has 0 spiro atoms. The molecule has 260 valence electrons. The number of thiophene rings is 1. The molecule has 1 aliphatic carbocycles. The maximum absolute atomic E-state index is 5.24. The molecule has 4 nitrogen and oxygen atoms in total. The van der Waals surface area contributed by atoms with Crippen LogP contribution in [0.1, 0.15) is 22.4 Å². The highest BCUT2D eigenvalue weighted by molar-refractivity contribution is 7.21. The van der Waals surface area contributed by atoms with Crippen molar-refractivity contribution in [1.82, 2.24) is 14.5 Å². The Morgan fingerprint density at radius 1 is 0.655 bits per heavy atom. The standard InChI is InChI=1S/C50H34N4S/c1-32-17-14-15-30-53(36-23-16-20-34(31-36)50-51-40-27-11-8-24-37(40)46(52-50)33-18-4-2-5-19-33)48-43(32)44-38-25-9-12-28-41(38)54(35-21-6-3-7-22-35)47(44)45-39-26-10-13-29-42(39)55-49(45)48/h2-9,11-25,27-31H,1,10,26H2/b17-14-,30-15-. The molecule has 0 saturated heterocycles. The summed E-state index contributed by atoms with van der Waals surface area (Å²) in [6.07, 6.45) is 15.3. The molecule has 0 bridgehead atoms. The maximum atomic E-state index is 5.24. The molecule has 5 heteroatoms. The molecule has 2 aliphatic rings. The molecule has 4 heterocycles. The highest BCUT2D eigenvalue weighted by Gasteiger charge is 2.30. The average molecular weight is 723 g/mol. The Kier molecular flexibility index (Phi) is 7.29. The summed E-state index contributed by atoms with van der Waals surface area (Å²) < 4.78 is 3.75. The molecular formula is C50H34N4S. The van der Waals surface area contributed by atoms with E-state index in [1.54, 1.807) is 0 Å². The third-order valence-corrected chi connectivity index (χ3v) is 12.1. The summed E-state index contributed by atoms with van der Waals surface area (Å²) in [4.78, 5) is 14.1. The third kappa shape index (κ3) is 4.97. The molecule has 0 radical (unpaired) electrons. The van der Waals surface area contributed by atoms with Gasteiger partial charge < -0.3 is 9.47 Å². The van der Waals surface area contributed by atoms with Crippen molar-refractivity contribution in [2.24, 2.45) is 0 Å². The number of aromatic nitrogens is 3. The lowest BCUT2D eigenvalue weighted by atomic mass is 9.91. The van der Waals surface area contributed by atoms with Gasteiger partial charge in [-0.3, -0.25) is 0 Å². The lowest BCUT2D eigenvalue weighted by Gasteiger charge is -2.27. The van der Waals surface area contributed by atoms with Crippen LogP contribution in [-0.4, -0.2) is 14.5 Å². The van der Waals surface area contributed by atoms with Crippen molar-refractivity contribution in [1.29, 1.82) is 0 Å². The number of benzene rings is 6. The molecule has 0 saturated carbocycles. The molecule has 55 heavy (non-hydrogen) atoms. The third-order valence-electron chi connectivity index (χ3n) is 10.9. The van der Waals surface area contributed by atoms with Crippen molar-refractivity contribution in [3.8, 4) is 28.3 Å². The minimum atomic E-state index is 0.697. The topological polar surface area (TPSA) is 34.0 Å². The van der Waals surface area contributed by atoms with E-state index in [9.17, 15) is 0 Å². The Morgan fingerprint density at radius 3 is 2.27 bits per heavy atom. The van der Waals surface area contributed by atoms with Crippen molar-refractivity contribution in [3.05, 3.63) is 187 Å². The second-order valence-electron chi connectivity index (χ2n) is 14.2. The number of rotatable bonds is 4. The number of hydrogen-bond donors (Lipinski definition) is 0. The normalized spacial score (nSPS) is 15.0. The molecule has 0 fully saturated rings. The molecule has 0 unspecified atom stereocenters. The Morgan fingerprint density at radius 2 is 1.40 bits per heavy atom. The Balaban J connectivity index is 1.21. The van der Waals surface area contributed by atoms with Gasteiger partial charge in [-0.05, 0) is 72.5 Å². The molecule has 0 atom stereocenters. The largest absolute Gasteiger partial charge is 0.315 e. The molecule has 6 aromatic carbocycles. The van der Waals surface area contributed by atoms with Crippen LogP contribution in [0.3, 0.4) is 0 Å². The fraction of sp³-hybridized carbons (Fsp3) is 0.0400. The summed E-state index contributed by atoms with van der Waals surface area (Å²) in [6, 6.07) is 47.0. The summed E-state index contributed by atoms with van der Waals surface area (Å²) in [5, 5.41) is 4.82. The van der Waals surface area contributed by atoms with Crippen LogP contribution in [0.4, 0.5) is 11.4 Å². The summed E-state index contributed by atoms with van der Waals surface area (Å²) in [5.74, 6) is 0.697. The van der Waals surface area contributed by atoms with Crippen LogP contribution in [-0.2, 0) is 6.42 Å². The van der Waals surface area contributed by atoms with Gasteiger partial charge in [0.05, 0.1) is 32.6 Å². The van der Waals surface area contributed by atoms with Crippen LogP contribution in [0, 0.1) is 0 Å². The van der Waals surface area contributed by atoms with E-state index in [1.165, 1.54) is 42.3 Å². The van der Waals surface area contributed by atoms with Crippen molar-refractivity contribution < 1.29 is 0 Å². The first-order valence-corrected chi connectivity index (χ1v) is 19.6. The summed E-state index contributed by atoms with van der Waals surface area (Å²) in [6.45, 7) is 4.76. The average Bonchev–Trinajstić information content (AvgIpc) is 3.79. The van der Waals surface area contributed by atoms with Gasteiger partial charge in [0.1, 0.15) is 0 Å². The van der Waals surface area contributed by atoms with Gasteiger partial charge in [-0.1, -0.05) is 122 Å². The van der Waals surface area contributed by atoms with Gasteiger partial charge in [0, 0.05) is 60.7 Å². The monoisotopic (exact) mass is 722 g/mol. The second kappa shape index (κ2) is 12.7. The Bertz CT molecular complexity index is 3110. The van der Waals surface area contributed by atoms with Crippen molar-refractivity contribution >= 4 is 77.2 Å². The Hall–Kier alpha value is -6.82. The predicted octanol–water partition coefficient (Wildman–Crippen LogP) is 13.5. The van der Waals surface area contributed by atoms with Crippen LogP contribution in [0.25, 0.3) is 82.8 Å². The molecule has 3 aromatic heterocycles. The zero-order valence-corrected chi connectivity index (χ0v) is 30.8. The zero-order chi connectivity index (χ0) is 36.5. The first-order chi connectivity index (χ1) is 27.2. The van der Waals surface area contributed by atoms with Crippen LogP contribution < -0.4 is 4.90 Å². The van der Waals surface area contributed by atoms with Crippen molar-refractivity contribution in [2.75, 3.05) is 4.90 Å². The SMILES string of the molecule is C=C1/C=C\C=C/N(c2cccc(-c3nc(-c4ccccc4)c4ccccc4n3)c2)c2c1c1c3ccccc3n(-c3ccccc3)c1c1c3c(sc21)C=CCC3. The second-order valence-corrected chi connectivity index (χ2v) is 15.2. The molecule has 0 N–H and O–H groups in total. The number of fused-ring (bicyclic) bond motifs is 11.